The van der Waals surface area contributed by atoms with Crippen LogP contribution in [0.1, 0.15) is 43.9 Å². The Labute approximate surface area is 125 Å². The minimum atomic E-state index is -0.0653. The van der Waals surface area contributed by atoms with E-state index in [0.29, 0.717) is 12.3 Å². The molecule has 0 radical (unpaired) electrons. The second-order valence-corrected chi connectivity index (χ2v) is 5.37. The van der Waals surface area contributed by atoms with Crippen molar-refractivity contribution in [3.05, 3.63) is 53.5 Å². The van der Waals surface area contributed by atoms with Crippen molar-refractivity contribution < 1.29 is 14.3 Å². The maximum absolute atomic E-state index is 8.98. The van der Waals surface area contributed by atoms with E-state index in [2.05, 4.69) is 24.4 Å². The molecule has 0 fully saturated rings. The molecule has 0 bridgehead atoms. The van der Waals surface area contributed by atoms with E-state index in [1.807, 2.05) is 32.0 Å². The van der Waals surface area contributed by atoms with Gasteiger partial charge in [-0.05, 0) is 50.6 Å². The molecule has 0 saturated carbocycles. The fraction of sp³-hybridized carbons (Fsp3) is 0.412. The zero-order valence-electron chi connectivity index (χ0n) is 12.8. The number of hydrogen-bond donors (Lipinski definition) is 2. The summed E-state index contributed by atoms with van der Waals surface area (Å²) in [6.07, 6.45) is 0.170. The van der Waals surface area contributed by atoms with Gasteiger partial charge >= 0.3 is 0 Å². The van der Waals surface area contributed by atoms with Gasteiger partial charge < -0.3 is 19.6 Å². The molecule has 1 unspecified atom stereocenters. The molecule has 1 aromatic heterocycles. The Bertz CT molecular complexity index is 563. The van der Waals surface area contributed by atoms with Crippen molar-refractivity contribution >= 4 is 0 Å². The van der Waals surface area contributed by atoms with Gasteiger partial charge in [-0.1, -0.05) is 12.1 Å². The van der Waals surface area contributed by atoms with Gasteiger partial charge in [-0.25, -0.2) is 0 Å². The van der Waals surface area contributed by atoms with Crippen molar-refractivity contribution in [2.24, 2.45) is 0 Å². The van der Waals surface area contributed by atoms with Crippen LogP contribution in [0.5, 0.6) is 5.75 Å². The lowest BCUT2D eigenvalue weighted by Gasteiger charge is -2.16. The number of ether oxygens (including phenoxy) is 1. The zero-order valence-corrected chi connectivity index (χ0v) is 12.8. The second kappa shape index (κ2) is 7.29. The minimum Gasteiger partial charge on any atom is -0.491 e. The summed E-state index contributed by atoms with van der Waals surface area (Å²) in [6, 6.07) is 12.0. The van der Waals surface area contributed by atoms with Crippen LogP contribution in [-0.4, -0.2) is 11.2 Å². The third-order valence-corrected chi connectivity index (χ3v) is 3.19. The number of aliphatic hydroxyl groups is 1. The van der Waals surface area contributed by atoms with Gasteiger partial charge in [0.2, 0.25) is 0 Å². The summed E-state index contributed by atoms with van der Waals surface area (Å²) >= 11 is 0. The Morgan fingerprint density at radius 1 is 1.14 bits per heavy atom. The molecule has 0 aliphatic rings. The fourth-order valence-corrected chi connectivity index (χ4v) is 2.10. The average molecular weight is 289 g/mol. The summed E-state index contributed by atoms with van der Waals surface area (Å²) in [6.45, 7) is 6.69. The first-order valence-electron chi connectivity index (χ1n) is 7.27. The predicted octanol–water partition coefficient (Wildman–Crippen LogP) is 3.41. The minimum absolute atomic E-state index is 0.0653. The molecule has 4 nitrogen and oxygen atoms in total. The van der Waals surface area contributed by atoms with Gasteiger partial charge in [-0.3, -0.25) is 0 Å². The van der Waals surface area contributed by atoms with Crippen molar-refractivity contribution in [3.8, 4) is 5.75 Å². The predicted molar refractivity (Wildman–Crippen MR) is 82.1 cm³/mol. The maximum Gasteiger partial charge on any atom is 0.129 e. The first-order chi connectivity index (χ1) is 10.1. The van der Waals surface area contributed by atoms with Gasteiger partial charge in [0.05, 0.1) is 12.6 Å². The van der Waals surface area contributed by atoms with Crippen LogP contribution in [0.3, 0.4) is 0 Å². The van der Waals surface area contributed by atoms with Gasteiger partial charge in [0.25, 0.3) is 0 Å². The average Bonchev–Trinajstić information content (AvgIpc) is 2.92. The molecule has 0 amide bonds. The highest BCUT2D eigenvalue weighted by Gasteiger charge is 2.08. The van der Waals surface area contributed by atoms with Gasteiger partial charge in [0, 0.05) is 6.04 Å². The Balaban J connectivity index is 1.94. The fourth-order valence-electron chi connectivity index (χ4n) is 2.10. The molecule has 1 aromatic carbocycles. The molecular formula is C17H23NO3. The van der Waals surface area contributed by atoms with Gasteiger partial charge in [0.15, 0.2) is 0 Å². The van der Waals surface area contributed by atoms with E-state index in [0.717, 1.165) is 11.5 Å². The second-order valence-electron chi connectivity index (χ2n) is 5.37. The molecule has 4 heteroatoms. The van der Waals surface area contributed by atoms with E-state index in [1.165, 1.54) is 5.56 Å². The summed E-state index contributed by atoms with van der Waals surface area (Å²) in [5.74, 6) is 2.30. The van der Waals surface area contributed by atoms with E-state index < -0.39 is 0 Å². The highest BCUT2D eigenvalue weighted by atomic mass is 16.5. The highest BCUT2D eigenvalue weighted by Crippen LogP contribution is 2.20. The van der Waals surface area contributed by atoms with Crippen molar-refractivity contribution in [2.45, 2.75) is 46.1 Å². The van der Waals surface area contributed by atoms with Crippen LogP contribution in [0.2, 0.25) is 0 Å². The van der Waals surface area contributed by atoms with E-state index in [1.54, 1.807) is 6.07 Å². The number of rotatable bonds is 7. The third kappa shape index (κ3) is 4.62. The summed E-state index contributed by atoms with van der Waals surface area (Å²) < 4.78 is 11.2. The van der Waals surface area contributed by atoms with Crippen LogP contribution in [0.15, 0.2) is 40.8 Å². The molecule has 0 aliphatic carbocycles. The first-order valence-corrected chi connectivity index (χ1v) is 7.27. The molecule has 2 N–H and O–H groups in total. The summed E-state index contributed by atoms with van der Waals surface area (Å²) in [5.41, 5.74) is 1.17. The van der Waals surface area contributed by atoms with Crippen molar-refractivity contribution in [1.82, 2.24) is 5.32 Å². The summed E-state index contributed by atoms with van der Waals surface area (Å²) in [4.78, 5) is 0. The van der Waals surface area contributed by atoms with E-state index in [4.69, 9.17) is 14.3 Å². The molecule has 21 heavy (non-hydrogen) atoms. The van der Waals surface area contributed by atoms with Gasteiger partial charge in [-0.15, -0.1) is 0 Å². The highest BCUT2D eigenvalue weighted by molar-refractivity contribution is 5.30. The smallest absolute Gasteiger partial charge is 0.129 e. The topological polar surface area (TPSA) is 54.6 Å². The number of nitrogens with one attached hydrogen (secondary N) is 1. The number of benzene rings is 1. The van der Waals surface area contributed by atoms with Crippen molar-refractivity contribution in [2.75, 3.05) is 0 Å². The molecule has 2 rings (SSSR count). The van der Waals surface area contributed by atoms with Crippen molar-refractivity contribution in [3.63, 3.8) is 0 Å². The normalized spacial score (nSPS) is 12.6. The molecule has 0 aliphatic heterocycles. The lowest BCUT2D eigenvalue weighted by Crippen LogP contribution is -2.18. The molecule has 0 saturated heterocycles. The zero-order chi connectivity index (χ0) is 15.2. The van der Waals surface area contributed by atoms with Crippen LogP contribution in [0.4, 0.5) is 0 Å². The molecule has 2 aromatic rings. The number of hydrogen-bond acceptors (Lipinski definition) is 4. The van der Waals surface area contributed by atoms with Crippen LogP contribution >= 0.6 is 0 Å². The molecule has 1 atom stereocenters. The standard InChI is InChI=1S/C17H23NO3/c1-12(2)20-15-6-4-5-14(9-15)13(3)18-10-16-7-8-17(11-19)21-16/h4-9,12-13,18-19H,10-11H2,1-3H3. The SMILES string of the molecule is CC(C)Oc1cccc(C(C)NCc2ccc(CO)o2)c1. The van der Waals surface area contributed by atoms with E-state index in [-0.39, 0.29) is 18.8 Å². The maximum atomic E-state index is 8.98. The quantitative estimate of drug-likeness (QED) is 0.820. The van der Waals surface area contributed by atoms with Crippen molar-refractivity contribution in [1.29, 1.82) is 0 Å². The molecule has 114 valence electrons. The van der Waals surface area contributed by atoms with Gasteiger partial charge in [0.1, 0.15) is 23.9 Å². The Morgan fingerprint density at radius 3 is 2.57 bits per heavy atom. The lowest BCUT2D eigenvalue weighted by atomic mass is 10.1. The lowest BCUT2D eigenvalue weighted by molar-refractivity contribution is 0.241. The largest absolute Gasteiger partial charge is 0.491 e. The Hall–Kier alpha value is -1.78. The number of furan rings is 1. The number of aliphatic hydroxyl groups excluding tert-OH is 1. The Kier molecular flexibility index (Phi) is 5.42. The monoisotopic (exact) mass is 289 g/mol. The molecule has 1 heterocycles. The van der Waals surface area contributed by atoms with Crippen LogP contribution < -0.4 is 10.1 Å². The third-order valence-electron chi connectivity index (χ3n) is 3.19. The first kappa shape index (κ1) is 15.6. The van der Waals surface area contributed by atoms with Gasteiger partial charge in [-0.2, -0.15) is 0 Å². The molecular weight excluding hydrogens is 266 g/mol. The summed E-state index contributed by atoms with van der Waals surface area (Å²) in [5, 5.41) is 12.4. The molecule has 0 spiro atoms. The van der Waals surface area contributed by atoms with E-state index in [9.17, 15) is 0 Å². The summed E-state index contributed by atoms with van der Waals surface area (Å²) in [7, 11) is 0. The Morgan fingerprint density at radius 2 is 1.90 bits per heavy atom. The van der Waals surface area contributed by atoms with Crippen LogP contribution in [0.25, 0.3) is 0 Å². The van der Waals surface area contributed by atoms with Crippen LogP contribution in [-0.2, 0) is 13.2 Å². The van der Waals surface area contributed by atoms with Crippen LogP contribution in [0, 0.1) is 0 Å². The van der Waals surface area contributed by atoms with E-state index >= 15 is 0 Å².